The van der Waals surface area contributed by atoms with Gasteiger partial charge in [0.15, 0.2) is 5.82 Å². The number of para-hydroxylation sites is 2. The molecule has 3 N–H and O–H groups in total. The van der Waals surface area contributed by atoms with Crippen molar-refractivity contribution < 1.29 is 4.74 Å². The van der Waals surface area contributed by atoms with Gasteiger partial charge in [-0.1, -0.05) is 24.4 Å². The Morgan fingerprint density at radius 3 is 2.79 bits per heavy atom. The minimum Gasteiger partial charge on any atom is -0.492 e. The van der Waals surface area contributed by atoms with Gasteiger partial charge in [0.25, 0.3) is 0 Å². The zero-order valence-electron chi connectivity index (χ0n) is 10.5. The largest absolute Gasteiger partial charge is 0.492 e. The van der Waals surface area contributed by atoms with Gasteiger partial charge in [0, 0.05) is 12.4 Å². The number of nitrogens with one attached hydrogen (secondary N) is 1. The number of nitrogens with zero attached hydrogens (tertiary/aromatic N) is 2. The molecule has 0 saturated heterocycles. The topological polar surface area (TPSA) is 73.1 Å². The first kappa shape index (κ1) is 13.2. The summed E-state index contributed by atoms with van der Waals surface area (Å²) in [5, 5.41) is 3.14. The zero-order chi connectivity index (χ0) is 13.7. The Hall–Kier alpha value is -2.21. The van der Waals surface area contributed by atoms with Crippen molar-refractivity contribution in [3.05, 3.63) is 42.4 Å². The molecule has 0 fully saturated rings. The van der Waals surface area contributed by atoms with Crippen LogP contribution in [0.5, 0.6) is 5.75 Å². The molecule has 1 aromatic carbocycles. The Kier molecular flexibility index (Phi) is 4.25. The number of thiocarbonyl (C=S) groups is 1. The van der Waals surface area contributed by atoms with Crippen LogP contribution in [0.3, 0.4) is 0 Å². The third kappa shape index (κ3) is 3.17. The van der Waals surface area contributed by atoms with Gasteiger partial charge < -0.3 is 15.8 Å². The number of hydrogen-bond donors (Lipinski definition) is 2. The van der Waals surface area contributed by atoms with E-state index < -0.39 is 0 Å². The summed E-state index contributed by atoms with van der Waals surface area (Å²) in [6.07, 6.45) is 3.13. The van der Waals surface area contributed by atoms with E-state index in [0.717, 1.165) is 11.4 Å². The van der Waals surface area contributed by atoms with Crippen LogP contribution in [0.15, 0.2) is 36.7 Å². The summed E-state index contributed by atoms with van der Waals surface area (Å²) < 4.78 is 5.53. The number of nitrogens with two attached hydrogens (primary N) is 1. The molecule has 0 saturated carbocycles. The number of rotatable bonds is 5. The van der Waals surface area contributed by atoms with Crippen molar-refractivity contribution in [2.24, 2.45) is 5.73 Å². The first-order valence-electron chi connectivity index (χ1n) is 5.82. The fourth-order valence-corrected chi connectivity index (χ4v) is 1.74. The summed E-state index contributed by atoms with van der Waals surface area (Å²) in [6.45, 7) is 2.51. The van der Waals surface area contributed by atoms with E-state index in [9.17, 15) is 0 Å². The highest BCUT2D eigenvalue weighted by molar-refractivity contribution is 7.80. The summed E-state index contributed by atoms with van der Waals surface area (Å²) in [6, 6.07) is 7.58. The Labute approximate surface area is 116 Å². The number of aromatic nitrogens is 2. The predicted molar refractivity (Wildman–Crippen MR) is 78.8 cm³/mol. The van der Waals surface area contributed by atoms with Gasteiger partial charge in [-0.05, 0) is 19.1 Å². The van der Waals surface area contributed by atoms with E-state index in [-0.39, 0.29) is 4.99 Å². The first-order valence-corrected chi connectivity index (χ1v) is 6.23. The third-order valence-corrected chi connectivity index (χ3v) is 2.56. The lowest BCUT2D eigenvalue weighted by Gasteiger charge is -2.13. The second kappa shape index (κ2) is 6.10. The zero-order valence-corrected chi connectivity index (χ0v) is 11.3. The maximum atomic E-state index is 5.62. The van der Waals surface area contributed by atoms with Gasteiger partial charge in [-0.2, -0.15) is 0 Å². The fourth-order valence-electron chi connectivity index (χ4n) is 1.59. The monoisotopic (exact) mass is 274 g/mol. The molecule has 1 heterocycles. The molecule has 0 bridgehead atoms. The number of benzene rings is 1. The molecule has 0 amide bonds. The first-order chi connectivity index (χ1) is 9.22. The number of ether oxygens (including phenoxy) is 1. The molecule has 6 heteroatoms. The summed E-state index contributed by atoms with van der Waals surface area (Å²) >= 11 is 4.95. The molecule has 2 rings (SSSR count). The van der Waals surface area contributed by atoms with Crippen LogP contribution in [-0.2, 0) is 0 Å². The molecule has 0 atom stereocenters. The minimum absolute atomic E-state index is 0.199. The lowest BCUT2D eigenvalue weighted by Crippen LogP contribution is -2.15. The van der Waals surface area contributed by atoms with Crippen LogP contribution < -0.4 is 15.8 Å². The molecule has 2 aromatic rings. The van der Waals surface area contributed by atoms with Crippen LogP contribution in [0.4, 0.5) is 11.5 Å². The van der Waals surface area contributed by atoms with Crippen LogP contribution >= 0.6 is 12.2 Å². The molecule has 98 valence electrons. The Morgan fingerprint density at radius 1 is 1.32 bits per heavy atom. The van der Waals surface area contributed by atoms with Gasteiger partial charge in [-0.25, -0.2) is 9.97 Å². The highest BCUT2D eigenvalue weighted by Crippen LogP contribution is 2.27. The van der Waals surface area contributed by atoms with Crippen molar-refractivity contribution in [3.8, 4) is 5.75 Å². The van der Waals surface area contributed by atoms with Crippen LogP contribution in [0.1, 0.15) is 12.6 Å². The highest BCUT2D eigenvalue weighted by Gasteiger charge is 2.10. The highest BCUT2D eigenvalue weighted by atomic mass is 32.1. The van der Waals surface area contributed by atoms with E-state index in [1.54, 1.807) is 12.4 Å². The second-order valence-corrected chi connectivity index (χ2v) is 4.11. The van der Waals surface area contributed by atoms with Gasteiger partial charge in [0.2, 0.25) is 0 Å². The van der Waals surface area contributed by atoms with E-state index in [2.05, 4.69) is 15.3 Å². The second-order valence-electron chi connectivity index (χ2n) is 3.67. The lowest BCUT2D eigenvalue weighted by atomic mass is 10.3. The van der Waals surface area contributed by atoms with Gasteiger partial charge in [0.05, 0.1) is 12.3 Å². The average molecular weight is 274 g/mol. The number of anilines is 2. The number of hydrogen-bond acceptors (Lipinski definition) is 5. The third-order valence-electron chi connectivity index (χ3n) is 2.37. The SMILES string of the molecule is CCOc1ccccc1Nc1nccnc1C(N)=S. The Bertz CT molecular complexity index is 588. The van der Waals surface area contributed by atoms with Crippen LogP contribution in [0.2, 0.25) is 0 Å². The van der Waals surface area contributed by atoms with Gasteiger partial charge in [0.1, 0.15) is 16.4 Å². The predicted octanol–water partition coefficient (Wildman–Crippen LogP) is 2.25. The molecular formula is C13H14N4OS. The van der Waals surface area contributed by atoms with E-state index in [1.165, 1.54) is 0 Å². The Balaban J connectivity index is 2.34. The van der Waals surface area contributed by atoms with Crippen LogP contribution in [-0.4, -0.2) is 21.6 Å². The Morgan fingerprint density at radius 2 is 2.05 bits per heavy atom. The van der Waals surface area contributed by atoms with Gasteiger partial charge in [-0.3, -0.25) is 0 Å². The van der Waals surface area contributed by atoms with Crippen molar-refractivity contribution in [2.75, 3.05) is 11.9 Å². The van der Waals surface area contributed by atoms with E-state index in [4.69, 9.17) is 22.7 Å². The lowest BCUT2D eigenvalue weighted by molar-refractivity contribution is 0.342. The summed E-state index contributed by atoms with van der Waals surface area (Å²) in [4.78, 5) is 8.52. The quantitative estimate of drug-likeness (QED) is 0.815. The van der Waals surface area contributed by atoms with Crippen molar-refractivity contribution in [3.63, 3.8) is 0 Å². The van der Waals surface area contributed by atoms with Gasteiger partial charge in [-0.15, -0.1) is 0 Å². The standard InChI is InChI=1S/C13H14N4OS/c1-2-18-10-6-4-3-5-9(10)17-13-11(12(14)19)15-7-8-16-13/h3-8H,2H2,1H3,(H2,14,19)(H,16,17). The molecule has 0 spiro atoms. The smallest absolute Gasteiger partial charge is 0.159 e. The molecule has 0 unspecified atom stereocenters. The van der Waals surface area contributed by atoms with Crippen molar-refractivity contribution >= 4 is 28.7 Å². The summed E-state index contributed by atoms with van der Waals surface area (Å²) in [5.41, 5.74) is 6.88. The summed E-state index contributed by atoms with van der Waals surface area (Å²) in [5.74, 6) is 1.26. The molecule has 0 aliphatic heterocycles. The normalized spacial score (nSPS) is 9.95. The van der Waals surface area contributed by atoms with Crippen molar-refractivity contribution in [1.29, 1.82) is 0 Å². The fraction of sp³-hybridized carbons (Fsp3) is 0.154. The summed E-state index contributed by atoms with van der Waals surface area (Å²) in [7, 11) is 0. The molecule has 0 aliphatic rings. The molecule has 0 aliphatic carbocycles. The maximum Gasteiger partial charge on any atom is 0.159 e. The molecule has 5 nitrogen and oxygen atoms in total. The van der Waals surface area contributed by atoms with E-state index in [0.29, 0.717) is 18.1 Å². The van der Waals surface area contributed by atoms with E-state index in [1.807, 2.05) is 31.2 Å². The molecule has 1 aromatic heterocycles. The molecule has 0 radical (unpaired) electrons. The molecule has 19 heavy (non-hydrogen) atoms. The van der Waals surface area contributed by atoms with Crippen molar-refractivity contribution in [1.82, 2.24) is 9.97 Å². The van der Waals surface area contributed by atoms with E-state index >= 15 is 0 Å². The van der Waals surface area contributed by atoms with Crippen molar-refractivity contribution in [2.45, 2.75) is 6.92 Å². The minimum atomic E-state index is 0.199. The average Bonchev–Trinajstić information content (AvgIpc) is 2.42. The molecular weight excluding hydrogens is 260 g/mol. The van der Waals surface area contributed by atoms with Crippen LogP contribution in [0, 0.1) is 0 Å². The van der Waals surface area contributed by atoms with Gasteiger partial charge >= 0.3 is 0 Å². The van der Waals surface area contributed by atoms with Crippen LogP contribution in [0.25, 0.3) is 0 Å². The maximum absolute atomic E-state index is 5.62.